The van der Waals surface area contributed by atoms with Gasteiger partial charge < -0.3 is 10.2 Å². The number of hydrogen-bond acceptors (Lipinski definition) is 6. The standard InChI is InChI=1S/C23H20N4O2S2/c1-15-2-6-17(7-3-15)23-26-19(12-31-23)10-21(28)27-14-30-13-20(27)22(29)25-18-8-4-16(11-24)5-9-18/h2-9,12,20H,10,13-14H2,1H3,(H,25,29). The van der Waals surface area contributed by atoms with Crippen LogP contribution in [-0.2, 0) is 16.0 Å². The molecule has 0 saturated carbocycles. The maximum Gasteiger partial charge on any atom is 0.248 e. The highest BCUT2D eigenvalue weighted by Gasteiger charge is 2.34. The molecule has 31 heavy (non-hydrogen) atoms. The third-order valence-electron chi connectivity index (χ3n) is 4.97. The molecule has 1 N–H and O–H groups in total. The van der Waals surface area contributed by atoms with Crippen LogP contribution in [0.4, 0.5) is 5.69 Å². The van der Waals surface area contributed by atoms with Crippen molar-refractivity contribution < 1.29 is 9.59 Å². The molecule has 1 unspecified atom stereocenters. The fourth-order valence-corrected chi connectivity index (χ4v) is 5.24. The second kappa shape index (κ2) is 9.33. The summed E-state index contributed by atoms with van der Waals surface area (Å²) in [7, 11) is 0. The second-order valence-electron chi connectivity index (χ2n) is 7.24. The number of benzene rings is 2. The Kier molecular flexibility index (Phi) is 6.35. The second-order valence-corrected chi connectivity index (χ2v) is 9.10. The van der Waals surface area contributed by atoms with Crippen LogP contribution >= 0.6 is 23.1 Å². The molecule has 4 rings (SSSR count). The lowest BCUT2D eigenvalue weighted by atomic mass is 10.1. The Morgan fingerprint density at radius 1 is 1.19 bits per heavy atom. The number of nitrogens with one attached hydrogen (secondary N) is 1. The molecule has 8 heteroatoms. The number of thiazole rings is 1. The molecule has 1 aromatic heterocycles. The number of anilines is 1. The molecule has 2 amide bonds. The van der Waals surface area contributed by atoms with Crippen molar-refractivity contribution in [3.63, 3.8) is 0 Å². The fraction of sp³-hybridized carbons (Fsp3) is 0.217. The smallest absolute Gasteiger partial charge is 0.248 e. The number of nitrogens with zero attached hydrogens (tertiary/aromatic N) is 3. The molecule has 1 atom stereocenters. The van der Waals surface area contributed by atoms with Crippen LogP contribution in [0.1, 0.15) is 16.8 Å². The SMILES string of the molecule is Cc1ccc(-c2nc(CC(=O)N3CSCC3C(=O)Nc3ccc(C#N)cc3)cs2)cc1. The van der Waals surface area contributed by atoms with Gasteiger partial charge in [0.05, 0.1) is 29.6 Å². The predicted molar refractivity (Wildman–Crippen MR) is 124 cm³/mol. The van der Waals surface area contributed by atoms with Gasteiger partial charge in [0.15, 0.2) is 0 Å². The van der Waals surface area contributed by atoms with E-state index < -0.39 is 6.04 Å². The van der Waals surface area contributed by atoms with Gasteiger partial charge in [-0.3, -0.25) is 9.59 Å². The number of thioether (sulfide) groups is 1. The number of hydrogen-bond donors (Lipinski definition) is 1. The summed E-state index contributed by atoms with van der Waals surface area (Å²) < 4.78 is 0. The Hall–Kier alpha value is -3.15. The van der Waals surface area contributed by atoms with Crippen LogP contribution in [-0.4, -0.2) is 39.4 Å². The van der Waals surface area contributed by atoms with Crippen molar-refractivity contribution in [1.82, 2.24) is 9.88 Å². The predicted octanol–water partition coefficient (Wildman–Crippen LogP) is 4.07. The van der Waals surface area contributed by atoms with Crippen LogP contribution in [0.15, 0.2) is 53.9 Å². The van der Waals surface area contributed by atoms with E-state index in [1.54, 1.807) is 40.9 Å². The third kappa shape index (κ3) is 4.95. The first-order valence-electron chi connectivity index (χ1n) is 9.73. The van der Waals surface area contributed by atoms with Crippen molar-refractivity contribution in [2.75, 3.05) is 16.9 Å². The van der Waals surface area contributed by atoms with Crippen molar-refractivity contribution in [3.8, 4) is 16.6 Å². The number of amides is 2. The van der Waals surface area contributed by atoms with Gasteiger partial charge in [-0.2, -0.15) is 5.26 Å². The van der Waals surface area contributed by atoms with E-state index in [4.69, 9.17) is 5.26 Å². The summed E-state index contributed by atoms with van der Waals surface area (Å²) in [5.74, 6) is 0.714. The fourth-order valence-electron chi connectivity index (χ4n) is 3.23. The molecular weight excluding hydrogens is 428 g/mol. The molecule has 1 saturated heterocycles. The van der Waals surface area contributed by atoms with E-state index in [0.29, 0.717) is 28.6 Å². The lowest BCUT2D eigenvalue weighted by Gasteiger charge is -2.22. The zero-order valence-corrected chi connectivity index (χ0v) is 18.5. The molecule has 1 aliphatic rings. The summed E-state index contributed by atoms with van der Waals surface area (Å²) in [6, 6.07) is 16.3. The summed E-state index contributed by atoms with van der Waals surface area (Å²) >= 11 is 3.08. The zero-order chi connectivity index (χ0) is 21.8. The molecule has 3 aromatic rings. The summed E-state index contributed by atoms with van der Waals surface area (Å²) in [6.45, 7) is 2.04. The Labute approximate surface area is 188 Å². The monoisotopic (exact) mass is 448 g/mol. The molecule has 6 nitrogen and oxygen atoms in total. The molecule has 0 spiro atoms. The summed E-state index contributed by atoms with van der Waals surface area (Å²) in [5.41, 5.74) is 4.07. The van der Waals surface area contributed by atoms with E-state index in [-0.39, 0.29) is 18.2 Å². The molecule has 156 valence electrons. The van der Waals surface area contributed by atoms with Crippen LogP contribution in [0.2, 0.25) is 0 Å². The molecule has 0 radical (unpaired) electrons. The Morgan fingerprint density at radius 3 is 2.65 bits per heavy atom. The average Bonchev–Trinajstić information content (AvgIpc) is 3.45. The van der Waals surface area contributed by atoms with Crippen LogP contribution in [0.5, 0.6) is 0 Å². The third-order valence-corrected chi connectivity index (χ3v) is 6.92. The molecule has 1 aliphatic heterocycles. The van der Waals surface area contributed by atoms with Gasteiger partial charge in [-0.15, -0.1) is 23.1 Å². The van der Waals surface area contributed by atoms with Crippen LogP contribution in [0, 0.1) is 18.3 Å². The number of nitriles is 1. The molecule has 0 aliphatic carbocycles. The van der Waals surface area contributed by atoms with E-state index in [1.165, 1.54) is 16.9 Å². The van der Waals surface area contributed by atoms with Gasteiger partial charge in [-0.05, 0) is 31.2 Å². The molecule has 0 bridgehead atoms. The molecule has 2 aromatic carbocycles. The normalized spacial score (nSPS) is 15.5. The minimum atomic E-state index is -0.525. The number of carbonyl (C=O) groups excluding carboxylic acids is 2. The number of carbonyl (C=O) groups is 2. The van der Waals surface area contributed by atoms with Gasteiger partial charge in [0.25, 0.3) is 0 Å². The van der Waals surface area contributed by atoms with Crippen molar-refractivity contribution in [2.24, 2.45) is 0 Å². The van der Waals surface area contributed by atoms with Crippen molar-refractivity contribution in [2.45, 2.75) is 19.4 Å². The largest absolute Gasteiger partial charge is 0.324 e. The Bertz CT molecular complexity index is 1130. The van der Waals surface area contributed by atoms with E-state index >= 15 is 0 Å². The Morgan fingerprint density at radius 2 is 1.94 bits per heavy atom. The summed E-state index contributed by atoms with van der Waals surface area (Å²) in [6.07, 6.45) is 0.170. The number of rotatable bonds is 5. The van der Waals surface area contributed by atoms with E-state index in [2.05, 4.69) is 10.3 Å². The minimum Gasteiger partial charge on any atom is -0.324 e. The minimum absolute atomic E-state index is 0.106. The molecule has 1 fully saturated rings. The summed E-state index contributed by atoms with van der Waals surface area (Å²) in [4.78, 5) is 31.9. The first-order chi connectivity index (χ1) is 15.0. The van der Waals surface area contributed by atoms with Crippen molar-refractivity contribution >= 4 is 40.6 Å². The first kappa shape index (κ1) is 21.1. The van der Waals surface area contributed by atoms with Crippen molar-refractivity contribution in [1.29, 1.82) is 5.26 Å². The quantitative estimate of drug-likeness (QED) is 0.636. The van der Waals surface area contributed by atoms with E-state index in [9.17, 15) is 9.59 Å². The van der Waals surface area contributed by atoms with Gasteiger partial charge in [0.2, 0.25) is 11.8 Å². The first-order valence-corrected chi connectivity index (χ1v) is 11.8. The lowest BCUT2D eigenvalue weighted by Crippen LogP contribution is -2.45. The van der Waals surface area contributed by atoms with Crippen molar-refractivity contribution in [3.05, 3.63) is 70.7 Å². The van der Waals surface area contributed by atoms with Gasteiger partial charge in [0.1, 0.15) is 11.0 Å². The van der Waals surface area contributed by atoms with Gasteiger partial charge in [-0.25, -0.2) is 4.98 Å². The lowest BCUT2D eigenvalue weighted by molar-refractivity contribution is -0.135. The van der Waals surface area contributed by atoms with Crippen LogP contribution in [0.25, 0.3) is 10.6 Å². The topological polar surface area (TPSA) is 86.1 Å². The average molecular weight is 449 g/mol. The van der Waals surface area contributed by atoms with E-state index in [1.807, 2.05) is 42.6 Å². The summed E-state index contributed by atoms with van der Waals surface area (Å²) in [5, 5.41) is 14.5. The van der Waals surface area contributed by atoms with Gasteiger partial charge >= 0.3 is 0 Å². The van der Waals surface area contributed by atoms with E-state index in [0.717, 1.165) is 10.6 Å². The highest BCUT2D eigenvalue weighted by molar-refractivity contribution is 7.99. The molecule has 2 heterocycles. The number of aromatic nitrogens is 1. The zero-order valence-electron chi connectivity index (χ0n) is 16.9. The Balaban J connectivity index is 1.40. The van der Waals surface area contributed by atoms with Crippen LogP contribution < -0.4 is 5.32 Å². The number of aryl methyl sites for hydroxylation is 1. The highest BCUT2D eigenvalue weighted by atomic mass is 32.2. The van der Waals surface area contributed by atoms with Gasteiger partial charge in [-0.1, -0.05) is 29.8 Å². The maximum atomic E-state index is 12.9. The van der Waals surface area contributed by atoms with Crippen LogP contribution in [0.3, 0.4) is 0 Å². The molecular formula is C23H20N4O2S2. The highest BCUT2D eigenvalue weighted by Crippen LogP contribution is 2.26. The van der Waals surface area contributed by atoms with Gasteiger partial charge in [0, 0.05) is 22.4 Å². The maximum absolute atomic E-state index is 12.9.